The third-order valence-electron chi connectivity index (χ3n) is 6.14. The maximum Gasteiger partial charge on any atom is 0.244 e. The largest absolute Gasteiger partial charge is 0.352 e. The molecule has 0 aliphatic heterocycles. The first-order valence-corrected chi connectivity index (χ1v) is 13.8. The lowest BCUT2D eigenvalue weighted by Crippen LogP contribution is -2.53. The lowest BCUT2D eigenvalue weighted by atomic mass is 9.95. The summed E-state index contributed by atoms with van der Waals surface area (Å²) in [6.45, 7) is 1.09. The number of rotatable bonds is 9. The van der Waals surface area contributed by atoms with E-state index in [1.165, 1.54) is 23.1 Å². The number of sulfonamides is 1. The number of nitrogens with one attached hydrogen (secondary N) is 1. The summed E-state index contributed by atoms with van der Waals surface area (Å²) in [6, 6.07) is 11.1. The summed E-state index contributed by atoms with van der Waals surface area (Å²) in [7, 11) is -3.91. The van der Waals surface area contributed by atoms with Gasteiger partial charge in [0, 0.05) is 17.6 Å². The Hall–Kier alpha value is -2.65. The first-order valence-electron chi connectivity index (χ1n) is 11.6. The van der Waals surface area contributed by atoms with Crippen molar-refractivity contribution >= 4 is 39.1 Å². The molecule has 3 rings (SSSR count). The van der Waals surface area contributed by atoms with Gasteiger partial charge in [-0.25, -0.2) is 12.8 Å². The molecule has 0 heterocycles. The fourth-order valence-electron chi connectivity index (χ4n) is 4.23. The molecular weight excluding hydrogens is 493 g/mol. The van der Waals surface area contributed by atoms with E-state index in [1.54, 1.807) is 31.2 Å². The number of amides is 2. The Morgan fingerprint density at radius 3 is 2.43 bits per heavy atom. The van der Waals surface area contributed by atoms with Crippen molar-refractivity contribution in [2.45, 2.75) is 57.7 Å². The van der Waals surface area contributed by atoms with Crippen LogP contribution in [0.15, 0.2) is 48.5 Å². The van der Waals surface area contributed by atoms with Crippen LogP contribution in [0.25, 0.3) is 0 Å². The molecule has 1 unspecified atom stereocenters. The monoisotopic (exact) mass is 523 g/mol. The molecule has 1 N–H and O–H groups in total. The average molecular weight is 524 g/mol. The Labute approximate surface area is 211 Å². The van der Waals surface area contributed by atoms with Crippen LogP contribution >= 0.6 is 11.6 Å². The highest BCUT2D eigenvalue weighted by molar-refractivity contribution is 7.92. The van der Waals surface area contributed by atoms with Gasteiger partial charge in [0.05, 0.1) is 11.9 Å². The quantitative estimate of drug-likeness (QED) is 0.536. The number of anilines is 1. The van der Waals surface area contributed by atoms with Gasteiger partial charge >= 0.3 is 0 Å². The van der Waals surface area contributed by atoms with Crippen LogP contribution in [0.2, 0.25) is 5.02 Å². The summed E-state index contributed by atoms with van der Waals surface area (Å²) in [5, 5.41) is 3.51. The lowest BCUT2D eigenvalue weighted by molar-refractivity contribution is -0.139. The number of nitrogens with zero attached hydrogens (tertiary/aromatic N) is 2. The summed E-state index contributed by atoms with van der Waals surface area (Å²) in [5.74, 6) is -1.52. The van der Waals surface area contributed by atoms with E-state index in [2.05, 4.69) is 5.32 Å². The summed E-state index contributed by atoms with van der Waals surface area (Å²) < 4.78 is 39.7. The zero-order valence-corrected chi connectivity index (χ0v) is 21.5. The van der Waals surface area contributed by atoms with Crippen molar-refractivity contribution in [3.63, 3.8) is 0 Å². The molecule has 10 heteroatoms. The first-order chi connectivity index (χ1) is 16.5. The fourth-order valence-corrected chi connectivity index (χ4v) is 5.28. The van der Waals surface area contributed by atoms with Crippen LogP contribution in [0, 0.1) is 5.82 Å². The Kier molecular flexibility index (Phi) is 9.13. The molecule has 0 radical (unpaired) electrons. The summed E-state index contributed by atoms with van der Waals surface area (Å²) in [5.41, 5.74) is 0.725. The summed E-state index contributed by atoms with van der Waals surface area (Å²) in [6.07, 6.45) is 5.96. The molecule has 0 spiro atoms. The van der Waals surface area contributed by atoms with Crippen molar-refractivity contribution in [3.05, 3.63) is 64.9 Å². The van der Waals surface area contributed by atoms with Gasteiger partial charge in [-0.2, -0.15) is 0 Å². The third kappa shape index (κ3) is 7.67. The van der Waals surface area contributed by atoms with Gasteiger partial charge in [0.1, 0.15) is 18.4 Å². The van der Waals surface area contributed by atoms with E-state index in [4.69, 9.17) is 11.6 Å². The van der Waals surface area contributed by atoms with E-state index in [0.29, 0.717) is 10.6 Å². The molecule has 1 aliphatic carbocycles. The topological polar surface area (TPSA) is 86.8 Å². The summed E-state index contributed by atoms with van der Waals surface area (Å²) in [4.78, 5) is 27.9. The molecule has 1 atom stereocenters. The van der Waals surface area contributed by atoms with E-state index in [1.807, 2.05) is 0 Å². The highest BCUT2D eigenvalue weighted by Gasteiger charge is 2.31. The van der Waals surface area contributed by atoms with Crippen LogP contribution < -0.4 is 9.62 Å². The Morgan fingerprint density at radius 2 is 1.80 bits per heavy atom. The number of carbonyl (C=O) groups is 2. The van der Waals surface area contributed by atoms with Gasteiger partial charge in [0.25, 0.3) is 0 Å². The number of hydrogen-bond donors (Lipinski definition) is 1. The van der Waals surface area contributed by atoms with E-state index in [0.717, 1.165) is 48.7 Å². The lowest BCUT2D eigenvalue weighted by Gasteiger charge is -2.33. The minimum absolute atomic E-state index is 0.0304. The van der Waals surface area contributed by atoms with E-state index >= 15 is 0 Å². The molecule has 0 aromatic heterocycles. The molecule has 0 saturated heterocycles. The smallest absolute Gasteiger partial charge is 0.244 e. The van der Waals surface area contributed by atoms with Crippen molar-refractivity contribution < 1.29 is 22.4 Å². The molecule has 0 bridgehead atoms. The molecule has 2 aromatic carbocycles. The SMILES string of the molecule is CC(C(=O)NC1CCCCC1)N(Cc1cccc(Cl)c1)C(=O)CN(c1cccc(F)c1)S(C)(=O)=O. The Morgan fingerprint density at radius 1 is 1.11 bits per heavy atom. The van der Waals surface area contributed by atoms with Gasteiger partial charge < -0.3 is 10.2 Å². The van der Waals surface area contributed by atoms with Gasteiger partial charge in [0.15, 0.2) is 0 Å². The van der Waals surface area contributed by atoms with Crippen LogP contribution in [-0.2, 0) is 26.2 Å². The number of benzene rings is 2. The zero-order chi connectivity index (χ0) is 25.6. The second-order valence-corrected chi connectivity index (χ2v) is 11.3. The van der Waals surface area contributed by atoms with Gasteiger partial charge in [-0.15, -0.1) is 0 Å². The van der Waals surface area contributed by atoms with Crippen molar-refractivity contribution in [1.82, 2.24) is 10.2 Å². The molecular formula is C25H31ClFN3O4S. The van der Waals surface area contributed by atoms with E-state index < -0.39 is 34.3 Å². The number of hydrogen-bond acceptors (Lipinski definition) is 4. The normalized spacial score (nSPS) is 15.3. The molecule has 190 valence electrons. The minimum Gasteiger partial charge on any atom is -0.352 e. The molecule has 1 aliphatic rings. The molecule has 1 fully saturated rings. The van der Waals surface area contributed by atoms with Crippen LogP contribution in [0.5, 0.6) is 0 Å². The average Bonchev–Trinajstić information content (AvgIpc) is 2.80. The van der Waals surface area contributed by atoms with Crippen LogP contribution in [0.1, 0.15) is 44.6 Å². The zero-order valence-electron chi connectivity index (χ0n) is 19.9. The molecule has 35 heavy (non-hydrogen) atoms. The Bertz CT molecular complexity index is 1150. The highest BCUT2D eigenvalue weighted by Crippen LogP contribution is 2.21. The first kappa shape index (κ1) is 26.9. The maximum atomic E-state index is 13.8. The fraction of sp³-hybridized carbons (Fsp3) is 0.440. The van der Waals surface area contributed by atoms with Crippen LogP contribution in [-0.4, -0.2) is 50.0 Å². The second-order valence-electron chi connectivity index (χ2n) is 8.92. The molecule has 2 amide bonds. The molecule has 7 nitrogen and oxygen atoms in total. The number of halogens is 2. The van der Waals surface area contributed by atoms with Gasteiger partial charge in [-0.1, -0.05) is 49.1 Å². The predicted octanol–water partition coefficient (Wildman–Crippen LogP) is 4.11. The second kappa shape index (κ2) is 11.9. The third-order valence-corrected chi connectivity index (χ3v) is 7.51. The van der Waals surface area contributed by atoms with Crippen LogP contribution in [0.4, 0.5) is 10.1 Å². The summed E-state index contributed by atoms with van der Waals surface area (Å²) >= 11 is 6.11. The van der Waals surface area contributed by atoms with Crippen LogP contribution in [0.3, 0.4) is 0 Å². The minimum atomic E-state index is -3.91. The van der Waals surface area contributed by atoms with Gasteiger partial charge in [-0.05, 0) is 55.7 Å². The highest BCUT2D eigenvalue weighted by atomic mass is 35.5. The van der Waals surface area contributed by atoms with Gasteiger partial charge in [-0.3, -0.25) is 13.9 Å². The van der Waals surface area contributed by atoms with Crippen molar-refractivity contribution in [1.29, 1.82) is 0 Å². The van der Waals surface area contributed by atoms with Gasteiger partial charge in [0.2, 0.25) is 21.8 Å². The standard InChI is InChI=1S/C25H31ClFN3O4S/c1-18(25(32)28-22-11-4-3-5-12-22)29(16-19-8-6-9-20(26)14-19)24(31)17-30(35(2,33)34)23-13-7-10-21(27)15-23/h6-10,13-15,18,22H,3-5,11-12,16-17H2,1-2H3,(H,28,32). The van der Waals surface area contributed by atoms with E-state index in [-0.39, 0.29) is 24.2 Å². The molecule has 1 saturated carbocycles. The molecule has 2 aromatic rings. The number of carbonyl (C=O) groups excluding carboxylic acids is 2. The van der Waals surface area contributed by atoms with Crippen molar-refractivity contribution in [2.75, 3.05) is 17.1 Å². The predicted molar refractivity (Wildman–Crippen MR) is 135 cm³/mol. The Balaban J connectivity index is 1.87. The van der Waals surface area contributed by atoms with E-state index in [9.17, 15) is 22.4 Å². The van der Waals surface area contributed by atoms with Crippen molar-refractivity contribution in [3.8, 4) is 0 Å². The maximum absolute atomic E-state index is 13.8. The van der Waals surface area contributed by atoms with Crippen molar-refractivity contribution in [2.24, 2.45) is 0 Å².